The molecule has 1 saturated carbocycles. The van der Waals surface area contributed by atoms with Crippen molar-refractivity contribution in [2.24, 2.45) is 5.92 Å². The van der Waals surface area contributed by atoms with Gasteiger partial charge in [0.1, 0.15) is 17.0 Å². The molecular formula is C11H12N2OS. The highest BCUT2D eigenvalue weighted by atomic mass is 32.1. The smallest absolute Gasteiger partial charge is 0.144 e. The molecule has 1 aromatic carbocycles. The maximum Gasteiger partial charge on any atom is 0.144 e. The van der Waals surface area contributed by atoms with Crippen LogP contribution in [0.25, 0.3) is 10.2 Å². The third-order valence-electron chi connectivity index (χ3n) is 2.67. The molecule has 1 aliphatic carbocycles. The highest BCUT2D eigenvalue weighted by Crippen LogP contribution is 2.34. The summed E-state index contributed by atoms with van der Waals surface area (Å²) in [5.41, 5.74) is 9.34. The minimum absolute atomic E-state index is 0.675. The minimum atomic E-state index is 0.675. The Kier molecular flexibility index (Phi) is 2.02. The van der Waals surface area contributed by atoms with Crippen molar-refractivity contribution in [3.63, 3.8) is 0 Å². The van der Waals surface area contributed by atoms with Gasteiger partial charge in [-0.1, -0.05) is 0 Å². The van der Waals surface area contributed by atoms with Gasteiger partial charge in [0.05, 0.1) is 16.8 Å². The van der Waals surface area contributed by atoms with Crippen molar-refractivity contribution in [1.29, 1.82) is 0 Å². The molecule has 0 bridgehead atoms. The Bertz CT molecular complexity index is 490. The van der Waals surface area contributed by atoms with Gasteiger partial charge in [-0.05, 0) is 30.9 Å². The molecule has 2 N–H and O–H groups in total. The second-order valence-electron chi connectivity index (χ2n) is 3.93. The molecule has 3 rings (SSSR count). The molecule has 3 nitrogen and oxygen atoms in total. The molecular weight excluding hydrogens is 208 g/mol. The number of nitrogen functional groups attached to an aromatic ring is 1. The van der Waals surface area contributed by atoms with E-state index in [1.165, 1.54) is 12.8 Å². The fourth-order valence-corrected chi connectivity index (χ4v) is 2.24. The molecule has 1 heterocycles. The van der Waals surface area contributed by atoms with Gasteiger partial charge < -0.3 is 10.5 Å². The van der Waals surface area contributed by atoms with Crippen LogP contribution < -0.4 is 10.5 Å². The SMILES string of the molecule is Nc1c(OCC2CC2)ccc2scnc12. The van der Waals surface area contributed by atoms with E-state index in [4.69, 9.17) is 10.5 Å². The summed E-state index contributed by atoms with van der Waals surface area (Å²) in [5, 5.41) is 0. The zero-order chi connectivity index (χ0) is 10.3. The van der Waals surface area contributed by atoms with E-state index in [2.05, 4.69) is 4.98 Å². The topological polar surface area (TPSA) is 48.1 Å². The Morgan fingerprint density at radius 2 is 2.33 bits per heavy atom. The standard InChI is InChI=1S/C11H12N2OS/c12-10-8(14-5-7-1-2-7)3-4-9-11(10)13-6-15-9/h3-4,6-7H,1-2,5,12H2. The van der Waals surface area contributed by atoms with E-state index < -0.39 is 0 Å². The monoisotopic (exact) mass is 220 g/mol. The number of fused-ring (bicyclic) bond motifs is 1. The maximum absolute atomic E-state index is 5.99. The largest absolute Gasteiger partial charge is 0.491 e. The number of thiazole rings is 1. The van der Waals surface area contributed by atoms with Crippen LogP contribution >= 0.6 is 11.3 Å². The van der Waals surface area contributed by atoms with Crippen molar-refractivity contribution in [3.05, 3.63) is 17.6 Å². The van der Waals surface area contributed by atoms with Crippen molar-refractivity contribution in [2.45, 2.75) is 12.8 Å². The second kappa shape index (κ2) is 3.38. The van der Waals surface area contributed by atoms with Gasteiger partial charge in [0.15, 0.2) is 0 Å². The van der Waals surface area contributed by atoms with E-state index >= 15 is 0 Å². The number of anilines is 1. The lowest BCUT2D eigenvalue weighted by molar-refractivity contribution is 0.301. The van der Waals surface area contributed by atoms with E-state index in [0.717, 1.165) is 28.5 Å². The molecule has 0 aliphatic heterocycles. The Morgan fingerprint density at radius 1 is 1.47 bits per heavy atom. The Morgan fingerprint density at radius 3 is 3.13 bits per heavy atom. The summed E-state index contributed by atoms with van der Waals surface area (Å²) in [4.78, 5) is 4.24. The molecule has 2 aromatic rings. The summed E-state index contributed by atoms with van der Waals surface area (Å²) in [6.45, 7) is 0.792. The lowest BCUT2D eigenvalue weighted by atomic mass is 10.2. The van der Waals surface area contributed by atoms with Gasteiger partial charge in [-0.25, -0.2) is 4.98 Å². The average molecular weight is 220 g/mol. The third kappa shape index (κ3) is 1.65. The summed E-state index contributed by atoms with van der Waals surface area (Å²) in [6.07, 6.45) is 2.58. The summed E-state index contributed by atoms with van der Waals surface area (Å²) in [7, 11) is 0. The Labute approximate surface area is 91.9 Å². The number of aromatic nitrogens is 1. The number of rotatable bonds is 3. The van der Waals surface area contributed by atoms with Gasteiger partial charge in [-0.3, -0.25) is 0 Å². The lowest BCUT2D eigenvalue weighted by Gasteiger charge is -2.07. The minimum Gasteiger partial charge on any atom is -0.491 e. The molecule has 0 unspecified atom stereocenters. The fourth-order valence-electron chi connectivity index (χ4n) is 1.55. The van der Waals surface area contributed by atoms with Crippen LogP contribution in [0.3, 0.4) is 0 Å². The second-order valence-corrected chi connectivity index (χ2v) is 4.82. The van der Waals surface area contributed by atoms with Crippen LogP contribution in [0.5, 0.6) is 5.75 Å². The van der Waals surface area contributed by atoms with Crippen molar-refractivity contribution in [2.75, 3.05) is 12.3 Å². The van der Waals surface area contributed by atoms with Gasteiger partial charge in [0.25, 0.3) is 0 Å². The molecule has 1 fully saturated rings. The summed E-state index contributed by atoms with van der Waals surface area (Å²) < 4.78 is 6.79. The first-order valence-electron chi connectivity index (χ1n) is 5.09. The normalized spacial score (nSPS) is 15.7. The number of ether oxygens (including phenoxy) is 1. The van der Waals surface area contributed by atoms with E-state index in [0.29, 0.717) is 5.69 Å². The van der Waals surface area contributed by atoms with Crippen LogP contribution in [0, 0.1) is 5.92 Å². The zero-order valence-electron chi connectivity index (χ0n) is 8.27. The molecule has 78 valence electrons. The number of nitrogens with two attached hydrogens (primary N) is 1. The van der Waals surface area contributed by atoms with Crippen molar-refractivity contribution in [1.82, 2.24) is 4.98 Å². The number of benzene rings is 1. The molecule has 0 amide bonds. The van der Waals surface area contributed by atoms with Crippen LogP contribution in [0.1, 0.15) is 12.8 Å². The van der Waals surface area contributed by atoms with Crippen LogP contribution in [0.15, 0.2) is 17.6 Å². The van der Waals surface area contributed by atoms with Crippen molar-refractivity contribution < 1.29 is 4.74 Å². The Hall–Kier alpha value is -1.29. The van der Waals surface area contributed by atoms with Gasteiger partial charge in [0, 0.05) is 0 Å². The van der Waals surface area contributed by atoms with Crippen LogP contribution in [-0.2, 0) is 0 Å². The average Bonchev–Trinajstić information content (AvgIpc) is 2.93. The predicted octanol–water partition coefficient (Wildman–Crippen LogP) is 2.67. The van der Waals surface area contributed by atoms with Gasteiger partial charge in [-0.2, -0.15) is 0 Å². The van der Waals surface area contributed by atoms with E-state index in [-0.39, 0.29) is 0 Å². The van der Waals surface area contributed by atoms with Crippen LogP contribution in [0.2, 0.25) is 0 Å². The molecule has 0 radical (unpaired) electrons. The molecule has 0 spiro atoms. The number of nitrogens with zero attached hydrogens (tertiary/aromatic N) is 1. The third-order valence-corrected chi connectivity index (χ3v) is 3.47. The van der Waals surface area contributed by atoms with Gasteiger partial charge in [0.2, 0.25) is 0 Å². The molecule has 0 saturated heterocycles. The number of hydrogen-bond donors (Lipinski definition) is 1. The fraction of sp³-hybridized carbons (Fsp3) is 0.364. The predicted molar refractivity (Wildman–Crippen MR) is 62.3 cm³/mol. The molecule has 1 aliphatic rings. The van der Waals surface area contributed by atoms with Gasteiger partial charge >= 0.3 is 0 Å². The van der Waals surface area contributed by atoms with E-state index in [1.54, 1.807) is 11.3 Å². The first-order chi connectivity index (χ1) is 7.34. The highest BCUT2D eigenvalue weighted by molar-refractivity contribution is 7.16. The maximum atomic E-state index is 5.99. The first kappa shape index (κ1) is 8.97. The molecule has 0 atom stereocenters. The summed E-state index contributed by atoms with van der Waals surface area (Å²) >= 11 is 1.60. The lowest BCUT2D eigenvalue weighted by Crippen LogP contribution is -2.01. The quantitative estimate of drug-likeness (QED) is 0.809. The molecule has 4 heteroatoms. The zero-order valence-corrected chi connectivity index (χ0v) is 9.09. The van der Waals surface area contributed by atoms with Crippen LogP contribution in [0.4, 0.5) is 5.69 Å². The Balaban J connectivity index is 1.91. The summed E-state index contributed by atoms with van der Waals surface area (Å²) in [5.74, 6) is 1.52. The molecule has 15 heavy (non-hydrogen) atoms. The van der Waals surface area contributed by atoms with E-state index in [1.807, 2.05) is 17.6 Å². The van der Waals surface area contributed by atoms with Crippen molar-refractivity contribution >= 4 is 27.2 Å². The van der Waals surface area contributed by atoms with Crippen LogP contribution in [-0.4, -0.2) is 11.6 Å². The highest BCUT2D eigenvalue weighted by Gasteiger charge is 2.22. The van der Waals surface area contributed by atoms with Gasteiger partial charge in [-0.15, -0.1) is 11.3 Å². The summed E-state index contributed by atoms with van der Waals surface area (Å²) in [6, 6.07) is 3.96. The molecule has 1 aromatic heterocycles. The van der Waals surface area contributed by atoms with E-state index in [9.17, 15) is 0 Å². The number of hydrogen-bond acceptors (Lipinski definition) is 4. The van der Waals surface area contributed by atoms with Crippen molar-refractivity contribution in [3.8, 4) is 5.75 Å². The first-order valence-corrected chi connectivity index (χ1v) is 5.97.